The van der Waals surface area contributed by atoms with Gasteiger partial charge < -0.3 is 5.73 Å². The van der Waals surface area contributed by atoms with E-state index in [1.165, 1.54) is 0 Å². The Morgan fingerprint density at radius 1 is 1.18 bits per heavy atom. The second-order valence-electron chi connectivity index (χ2n) is 3.09. The Bertz CT molecular complexity index is 215. The van der Waals surface area contributed by atoms with Crippen molar-refractivity contribution in [3.63, 3.8) is 0 Å². The van der Waals surface area contributed by atoms with Gasteiger partial charge in [-0.05, 0) is 33.3 Å². The standard InChI is InChI=1S/C10H17N/c1-7(2)6-9(5)10(11)8(3)4/h6H,1,11H2,2-5H3/b9-6-. The minimum atomic E-state index is 0.869. The molecule has 1 nitrogen and oxygen atoms in total. The van der Waals surface area contributed by atoms with Gasteiger partial charge in [-0.1, -0.05) is 23.8 Å². The van der Waals surface area contributed by atoms with E-state index in [4.69, 9.17) is 5.73 Å². The van der Waals surface area contributed by atoms with Gasteiger partial charge in [-0.25, -0.2) is 0 Å². The van der Waals surface area contributed by atoms with Crippen LogP contribution in [0, 0.1) is 0 Å². The van der Waals surface area contributed by atoms with E-state index in [9.17, 15) is 0 Å². The van der Waals surface area contributed by atoms with Crippen molar-refractivity contribution in [1.82, 2.24) is 0 Å². The summed E-state index contributed by atoms with van der Waals surface area (Å²) in [4.78, 5) is 0. The van der Waals surface area contributed by atoms with Crippen LogP contribution in [-0.4, -0.2) is 0 Å². The van der Waals surface area contributed by atoms with Gasteiger partial charge in [0, 0.05) is 5.70 Å². The van der Waals surface area contributed by atoms with E-state index in [0.29, 0.717) is 0 Å². The topological polar surface area (TPSA) is 26.0 Å². The summed E-state index contributed by atoms with van der Waals surface area (Å²) >= 11 is 0. The van der Waals surface area contributed by atoms with E-state index < -0.39 is 0 Å². The molecule has 0 atom stereocenters. The summed E-state index contributed by atoms with van der Waals surface area (Å²) in [5.74, 6) is 0. The zero-order chi connectivity index (χ0) is 9.02. The van der Waals surface area contributed by atoms with E-state index in [1.54, 1.807) is 0 Å². The van der Waals surface area contributed by atoms with Crippen molar-refractivity contribution in [2.24, 2.45) is 5.73 Å². The van der Waals surface area contributed by atoms with Crippen LogP contribution in [-0.2, 0) is 0 Å². The summed E-state index contributed by atoms with van der Waals surface area (Å²) < 4.78 is 0. The van der Waals surface area contributed by atoms with E-state index in [0.717, 1.165) is 22.4 Å². The lowest BCUT2D eigenvalue weighted by molar-refractivity contribution is 1.18. The summed E-state index contributed by atoms with van der Waals surface area (Å²) in [5.41, 5.74) is 9.93. The summed E-state index contributed by atoms with van der Waals surface area (Å²) in [6.07, 6.45) is 1.99. The van der Waals surface area contributed by atoms with E-state index in [-0.39, 0.29) is 0 Å². The first-order chi connectivity index (χ1) is 4.95. The van der Waals surface area contributed by atoms with Crippen molar-refractivity contribution in [2.75, 3.05) is 0 Å². The molecule has 0 heterocycles. The molecule has 0 aromatic rings. The number of nitrogens with two attached hydrogens (primary N) is 1. The highest BCUT2D eigenvalue weighted by Crippen LogP contribution is 2.09. The van der Waals surface area contributed by atoms with Gasteiger partial charge in [0.15, 0.2) is 0 Å². The molecule has 0 saturated heterocycles. The van der Waals surface area contributed by atoms with Crippen molar-refractivity contribution in [3.8, 4) is 0 Å². The smallest absolute Gasteiger partial charge is 0.0330 e. The predicted molar refractivity (Wildman–Crippen MR) is 51.1 cm³/mol. The van der Waals surface area contributed by atoms with Crippen LogP contribution in [0.2, 0.25) is 0 Å². The summed E-state index contributed by atoms with van der Waals surface area (Å²) in [6, 6.07) is 0. The van der Waals surface area contributed by atoms with Crippen molar-refractivity contribution < 1.29 is 0 Å². The third kappa shape index (κ3) is 3.66. The second kappa shape index (κ2) is 4.02. The van der Waals surface area contributed by atoms with Crippen molar-refractivity contribution in [2.45, 2.75) is 27.7 Å². The van der Waals surface area contributed by atoms with Crippen LogP contribution in [0.4, 0.5) is 0 Å². The normalized spacial score (nSPS) is 11.1. The molecule has 0 aliphatic carbocycles. The molecule has 0 aliphatic rings. The second-order valence-corrected chi connectivity index (χ2v) is 3.09. The Kier molecular flexibility index (Phi) is 3.66. The summed E-state index contributed by atoms with van der Waals surface area (Å²) in [6.45, 7) is 11.7. The van der Waals surface area contributed by atoms with Crippen LogP contribution >= 0.6 is 0 Å². The number of hydrogen-bond acceptors (Lipinski definition) is 1. The van der Waals surface area contributed by atoms with Gasteiger partial charge in [0.25, 0.3) is 0 Å². The van der Waals surface area contributed by atoms with E-state index >= 15 is 0 Å². The molecule has 0 amide bonds. The zero-order valence-electron chi connectivity index (χ0n) is 7.86. The van der Waals surface area contributed by atoms with Gasteiger partial charge in [-0.2, -0.15) is 0 Å². The maximum absolute atomic E-state index is 5.78. The molecule has 0 rings (SSSR count). The monoisotopic (exact) mass is 151 g/mol. The highest BCUT2D eigenvalue weighted by atomic mass is 14.6. The molecule has 2 N–H and O–H groups in total. The van der Waals surface area contributed by atoms with Crippen molar-refractivity contribution in [3.05, 3.63) is 35.1 Å². The van der Waals surface area contributed by atoms with Crippen LogP contribution in [0.3, 0.4) is 0 Å². The molecule has 0 fully saturated rings. The summed E-state index contributed by atoms with van der Waals surface area (Å²) in [5, 5.41) is 0. The molecule has 0 bridgehead atoms. The summed E-state index contributed by atoms with van der Waals surface area (Å²) in [7, 11) is 0. The molecular weight excluding hydrogens is 134 g/mol. The quantitative estimate of drug-likeness (QED) is 0.603. The van der Waals surface area contributed by atoms with E-state index in [1.807, 2.05) is 33.8 Å². The fraction of sp³-hybridized carbons (Fsp3) is 0.400. The lowest BCUT2D eigenvalue weighted by Gasteiger charge is -2.03. The Morgan fingerprint density at radius 3 is 1.91 bits per heavy atom. The number of allylic oxidation sites excluding steroid dienone is 4. The number of hydrogen-bond donors (Lipinski definition) is 1. The molecular formula is C10H17N. The van der Waals surface area contributed by atoms with Gasteiger partial charge in [-0.3, -0.25) is 0 Å². The molecule has 1 heteroatoms. The van der Waals surface area contributed by atoms with E-state index in [2.05, 4.69) is 6.58 Å². The molecule has 0 spiro atoms. The molecule has 0 aromatic heterocycles. The fourth-order valence-electron chi connectivity index (χ4n) is 0.842. The van der Waals surface area contributed by atoms with Crippen LogP contribution in [0.5, 0.6) is 0 Å². The van der Waals surface area contributed by atoms with Gasteiger partial charge in [0.2, 0.25) is 0 Å². The van der Waals surface area contributed by atoms with Crippen LogP contribution in [0.15, 0.2) is 35.1 Å². The lowest BCUT2D eigenvalue weighted by Crippen LogP contribution is -2.00. The molecule has 0 unspecified atom stereocenters. The molecule has 11 heavy (non-hydrogen) atoms. The number of rotatable bonds is 2. The fourth-order valence-corrected chi connectivity index (χ4v) is 0.842. The zero-order valence-corrected chi connectivity index (χ0v) is 7.86. The van der Waals surface area contributed by atoms with Crippen LogP contribution in [0.25, 0.3) is 0 Å². The first kappa shape index (κ1) is 10.0. The Hall–Kier alpha value is -0.980. The third-order valence-corrected chi connectivity index (χ3v) is 1.43. The van der Waals surface area contributed by atoms with Crippen molar-refractivity contribution >= 4 is 0 Å². The Labute approximate surface area is 69.3 Å². The average molecular weight is 151 g/mol. The molecule has 62 valence electrons. The van der Waals surface area contributed by atoms with Crippen molar-refractivity contribution in [1.29, 1.82) is 0 Å². The van der Waals surface area contributed by atoms with Gasteiger partial charge in [0.1, 0.15) is 0 Å². The van der Waals surface area contributed by atoms with Crippen LogP contribution < -0.4 is 5.73 Å². The SMILES string of the molecule is C=C(C)/C=C(/C)C(N)=C(C)C. The highest BCUT2D eigenvalue weighted by Gasteiger charge is 1.94. The largest absolute Gasteiger partial charge is 0.399 e. The first-order valence-corrected chi connectivity index (χ1v) is 3.72. The molecule has 0 aliphatic heterocycles. The highest BCUT2D eigenvalue weighted by molar-refractivity contribution is 5.34. The molecule has 0 radical (unpaired) electrons. The van der Waals surface area contributed by atoms with Gasteiger partial charge in [-0.15, -0.1) is 0 Å². The lowest BCUT2D eigenvalue weighted by atomic mass is 10.1. The Morgan fingerprint density at radius 2 is 1.64 bits per heavy atom. The predicted octanol–water partition coefficient (Wildman–Crippen LogP) is 2.76. The maximum Gasteiger partial charge on any atom is 0.0330 e. The van der Waals surface area contributed by atoms with Gasteiger partial charge >= 0.3 is 0 Å². The maximum atomic E-state index is 5.78. The molecule has 0 saturated carbocycles. The van der Waals surface area contributed by atoms with Crippen LogP contribution in [0.1, 0.15) is 27.7 Å². The molecule has 0 aromatic carbocycles. The third-order valence-electron chi connectivity index (χ3n) is 1.43. The minimum absolute atomic E-state index is 0.869. The average Bonchev–Trinajstić information content (AvgIpc) is 1.84. The van der Waals surface area contributed by atoms with Gasteiger partial charge in [0.05, 0.1) is 0 Å². The first-order valence-electron chi connectivity index (χ1n) is 3.72. The minimum Gasteiger partial charge on any atom is -0.399 e. The Balaban J connectivity index is 4.63.